The van der Waals surface area contributed by atoms with E-state index in [2.05, 4.69) is 0 Å². The second kappa shape index (κ2) is 8.36. The zero-order chi connectivity index (χ0) is 22.0. The molecule has 0 radical (unpaired) electrons. The number of fused-ring (bicyclic) bond motifs is 1. The third-order valence-electron chi connectivity index (χ3n) is 5.05. The predicted octanol–water partition coefficient (Wildman–Crippen LogP) is 5.00. The van der Waals surface area contributed by atoms with Gasteiger partial charge in [0.2, 0.25) is 0 Å². The number of methoxy groups -OCH3 is 2. The first-order valence-corrected chi connectivity index (χ1v) is 9.59. The number of para-hydroxylation sites is 1. The number of ether oxygens (including phenoxy) is 3. The third kappa shape index (κ3) is 3.88. The topological polar surface area (TPSA) is 75.0 Å². The number of benzene rings is 3. The fourth-order valence-corrected chi connectivity index (χ4v) is 3.47. The highest BCUT2D eigenvalue weighted by molar-refractivity contribution is 5.94. The summed E-state index contributed by atoms with van der Waals surface area (Å²) in [6, 6.07) is 19.0. The van der Waals surface area contributed by atoms with Gasteiger partial charge in [0.15, 0.2) is 0 Å². The summed E-state index contributed by atoms with van der Waals surface area (Å²) in [5, 5.41) is 0.752. The Labute approximate surface area is 178 Å². The van der Waals surface area contributed by atoms with Crippen molar-refractivity contribution in [2.24, 2.45) is 0 Å². The Kier molecular flexibility index (Phi) is 5.45. The van der Waals surface area contributed by atoms with Crippen LogP contribution in [0, 0.1) is 6.92 Å². The maximum absolute atomic E-state index is 12.7. The number of hydrogen-bond acceptors (Lipinski definition) is 6. The minimum absolute atomic E-state index is 0.267. The van der Waals surface area contributed by atoms with Crippen molar-refractivity contribution in [3.05, 3.63) is 88.3 Å². The van der Waals surface area contributed by atoms with E-state index >= 15 is 0 Å². The van der Waals surface area contributed by atoms with E-state index in [9.17, 15) is 9.59 Å². The lowest BCUT2D eigenvalue weighted by Gasteiger charge is -2.11. The molecular weight excluding hydrogens is 396 g/mol. The molecule has 4 aromatic rings. The highest BCUT2D eigenvalue weighted by atomic mass is 16.5. The Bertz CT molecular complexity index is 1320. The molecule has 0 fully saturated rings. The number of carbonyl (C=O) groups excluding carboxylic acids is 1. The average molecular weight is 416 g/mol. The molecule has 0 saturated carbocycles. The lowest BCUT2D eigenvalue weighted by Crippen LogP contribution is -2.10. The van der Waals surface area contributed by atoms with Crippen LogP contribution >= 0.6 is 0 Å². The molecule has 0 unspecified atom stereocenters. The van der Waals surface area contributed by atoms with E-state index in [1.807, 2.05) is 19.1 Å². The monoisotopic (exact) mass is 416 g/mol. The molecule has 0 aliphatic carbocycles. The number of rotatable bonds is 5. The van der Waals surface area contributed by atoms with Gasteiger partial charge in [-0.2, -0.15) is 0 Å². The first kappa shape index (κ1) is 20.2. The van der Waals surface area contributed by atoms with Gasteiger partial charge in [-0.3, -0.25) is 0 Å². The average Bonchev–Trinajstić information content (AvgIpc) is 2.79. The molecule has 6 heteroatoms. The van der Waals surface area contributed by atoms with Gasteiger partial charge in [0.25, 0.3) is 0 Å². The summed E-state index contributed by atoms with van der Waals surface area (Å²) in [4.78, 5) is 25.3. The first-order chi connectivity index (χ1) is 15.0. The molecule has 1 heterocycles. The van der Waals surface area contributed by atoms with Gasteiger partial charge in [0.05, 0.1) is 19.8 Å². The maximum atomic E-state index is 12.7. The normalized spacial score (nSPS) is 10.7. The van der Waals surface area contributed by atoms with Crippen LogP contribution in [0.5, 0.6) is 17.2 Å². The molecule has 0 amide bonds. The van der Waals surface area contributed by atoms with Crippen molar-refractivity contribution in [2.45, 2.75) is 6.92 Å². The second-order valence-corrected chi connectivity index (χ2v) is 6.87. The summed E-state index contributed by atoms with van der Waals surface area (Å²) in [6.07, 6.45) is 0. The molecule has 0 atom stereocenters. The van der Waals surface area contributed by atoms with Crippen LogP contribution in [0.1, 0.15) is 15.9 Å². The molecule has 156 valence electrons. The van der Waals surface area contributed by atoms with E-state index < -0.39 is 11.6 Å². The van der Waals surface area contributed by atoms with Gasteiger partial charge in [-0.1, -0.05) is 24.3 Å². The van der Waals surface area contributed by atoms with Crippen LogP contribution in [0.25, 0.3) is 22.1 Å². The van der Waals surface area contributed by atoms with Crippen LogP contribution in [-0.4, -0.2) is 20.2 Å². The first-order valence-electron chi connectivity index (χ1n) is 9.59. The van der Waals surface area contributed by atoms with E-state index in [0.29, 0.717) is 28.2 Å². The fourth-order valence-electron chi connectivity index (χ4n) is 3.47. The van der Waals surface area contributed by atoms with Gasteiger partial charge in [0, 0.05) is 11.5 Å². The van der Waals surface area contributed by atoms with Gasteiger partial charge in [-0.25, -0.2) is 9.59 Å². The van der Waals surface area contributed by atoms with Crippen LogP contribution in [0.15, 0.2) is 75.9 Å². The third-order valence-corrected chi connectivity index (χ3v) is 5.05. The largest absolute Gasteiger partial charge is 0.497 e. The number of esters is 1. The lowest BCUT2D eigenvalue weighted by molar-refractivity contribution is 0.0731. The van der Waals surface area contributed by atoms with Gasteiger partial charge in [0.1, 0.15) is 28.4 Å². The second-order valence-electron chi connectivity index (χ2n) is 6.87. The van der Waals surface area contributed by atoms with Crippen LogP contribution in [-0.2, 0) is 0 Å². The summed E-state index contributed by atoms with van der Waals surface area (Å²) < 4.78 is 21.4. The van der Waals surface area contributed by atoms with E-state index in [-0.39, 0.29) is 5.75 Å². The minimum Gasteiger partial charge on any atom is -0.497 e. The lowest BCUT2D eigenvalue weighted by atomic mass is 9.99. The highest BCUT2D eigenvalue weighted by Gasteiger charge is 2.17. The van der Waals surface area contributed by atoms with Crippen molar-refractivity contribution >= 4 is 16.9 Å². The molecule has 3 aromatic carbocycles. The molecule has 0 aliphatic rings. The fraction of sp³-hybridized carbons (Fsp3) is 0.120. The van der Waals surface area contributed by atoms with Gasteiger partial charge < -0.3 is 18.6 Å². The summed E-state index contributed by atoms with van der Waals surface area (Å²) in [6.45, 7) is 1.86. The van der Waals surface area contributed by atoms with Crippen molar-refractivity contribution < 1.29 is 23.4 Å². The van der Waals surface area contributed by atoms with Gasteiger partial charge in [-0.15, -0.1) is 0 Å². The SMILES string of the molecule is COc1ccc(-c2c(C)c3ccc(OC(=O)c4ccccc4OC)cc3oc2=O)cc1. The quantitative estimate of drug-likeness (QED) is 0.259. The summed E-state index contributed by atoms with van der Waals surface area (Å²) >= 11 is 0. The molecule has 31 heavy (non-hydrogen) atoms. The van der Waals surface area contributed by atoms with E-state index in [1.54, 1.807) is 55.6 Å². The summed E-state index contributed by atoms with van der Waals surface area (Å²) in [5.74, 6) is 0.821. The van der Waals surface area contributed by atoms with E-state index in [0.717, 1.165) is 16.5 Å². The van der Waals surface area contributed by atoms with Gasteiger partial charge in [-0.05, 0) is 54.4 Å². The number of hydrogen-bond donors (Lipinski definition) is 0. The van der Waals surface area contributed by atoms with Crippen molar-refractivity contribution in [2.75, 3.05) is 14.2 Å². The molecule has 0 saturated heterocycles. The van der Waals surface area contributed by atoms with Crippen LogP contribution in [0.3, 0.4) is 0 Å². The van der Waals surface area contributed by atoms with Crippen molar-refractivity contribution in [1.82, 2.24) is 0 Å². The molecule has 1 aromatic heterocycles. The Morgan fingerprint density at radius 3 is 2.29 bits per heavy atom. The molecular formula is C25H20O6. The Morgan fingerprint density at radius 1 is 0.871 bits per heavy atom. The van der Waals surface area contributed by atoms with Crippen LogP contribution in [0.2, 0.25) is 0 Å². The maximum Gasteiger partial charge on any atom is 0.347 e. The standard InChI is InChI=1S/C25H20O6/c1-15-19-13-12-18(30-24(26)20-6-4-5-7-21(20)29-3)14-22(19)31-25(27)23(15)16-8-10-17(28-2)11-9-16/h4-14H,1-3H3. The molecule has 0 aliphatic heterocycles. The van der Waals surface area contributed by atoms with Crippen molar-refractivity contribution in [1.29, 1.82) is 0 Å². The van der Waals surface area contributed by atoms with E-state index in [1.165, 1.54) is 13.2 Å². The van der Waals surface area contributed by atoms with Gasteiger partial charge >= 0.3 is 11.6 Å². The van der Waals surface area contributed by atoms with Crippen molar-refractivity contribution in [3.63, 3.8) is 0 Å². The summed E-state index contributed by atoms with van der Waals surface area (Å²) in [5.41, 5.74) is 2.17. The molecule has 4 rings (SSSR count). The van der Waals surface area contributed by atoms with Crippen molar-refractivity contribution in [3.8, 4) is 28.4 Å². The smallest absolute Gasteiger partial charge is 0.347 e. The Balaban J connectivity index is 1.70. The zero-order valence-electron chi connectivity index (χ0n) is 17.3. The molecule has 0 bridgehead atoms. The highest BCUT2D eigenvalue weighted by Crippen LogP contribution is 2.30. The summed E-state index contributed by atoms with van der Waals surface area (Å²) in [7, 11) is 3.07. The predicted molar refractivity (Wildman–Crippen MR) is 117 cm³/mol. The Morgan fingerprint density at radius 2 is 1.58 bits per heavy atom. The zero-order valence-corrected chi connectivity index (χ0v) is 17.3. The van der Waals surface area contributed by atoms with E-state index in [4.69, 9.17) is 18.6 Å². The van der Waals surface area contributed by atoms with Crippen LogP contribution < -0.4 is 19.8 Å². The number of aryl methyl sites for hydroxylation is 1. The minimum atomic E-state index is -0.564. The molecule has 0 N–H and O–H groups in total. The van der Waals surface area contributed by atoms with Crippen LogP contribution in [0.4, 0.5) is 0 Å². The Hall–Kier alpha value is -4.06. The number of carbonyl (C=O) groups is 1. The molecule has 6 nitrogen and oxygen atoms in total. The molecule has 0 spiro atoms.